The number of carbonyl (C=O) groups excluding carboxylic acids is 1. The maximum Gasteiger partial charge on any atom is 0.407 e. The van der Waals surface area contributed by atoms with Gasteiger partial charge < -0.3 is 15.2 Å². The summed E-state index contributed by atoms with van der Waals surface area (Å²) in [7, 11) is 0. The molecule has 0 unspecified atom stereocenters. The summed E-state index contributed by atoms with van der Waals surface area (Å²) < 4.78 is 4.99. The summed E-state index contributed by atoms with van der Waals surface area (Å²) in [6, 6.07) is 0. The van der Waals surface area contributed by atoms with Gasteiger partial charge >= 0.3 is 6.09 Å². The Morgan fingerprint density at radius 2 is 2.21 bits per heavy atom. The fourth-order valence-electron chi connectivity index (χ4n) is 0.704. The number of ether oxygens (including phenoxy) is 1. The van der Waals surface area contributed by atoms with Crippen LogP contribution in [0.3, 0.4) is 0 Å². The van der Waals surface area contributed by atoms with Crippen molar-refractivity contribution in [1.29, 1.82) is 0 Å². The zero-order chi connectivity index (χ0) is 11.2. The summed E-state index contributed by atoms with van der Waals surface area (Å²) in [4.78, 5) is 11.1. The van der Waals surface area contributed by atoms with Crippen molar-refractivity contribution in [2.24, 2.45) is 0 Å². The minimum absolute atomic E-state index is 0.350. The summed E-state index contributed by atoms with van der Waals surface area (Å²) >= 11 is 4.52. The molecule has 0 aromatic heterocycles. The molecule has 0 aromatic rings. The topological polar surface area (TPSA) is 58.6 Å². The lowest BCUT2D eigenvalue weighted by molar-refractivity contribution is 0.0523. The molecule has 0 rings (SSSR count). The van der Waals surface area contributed by atoms with Gasteiger partial charge in [0.25, 0.3) is 0 Å². The van der Waals surface area contributed by atoms with E-state index in [4.69, 9.17) is 9.84 Å². The highest BCUT2D eigenvalue weighted by Crippen LogP contribution is 2.06. The van der Waals surface area contributed by atoms with Gasteiger partial charge in [-0.05, 0) is 27.2 Å². The molecule has 0 saturated carbocycles. The predicted octanol–water partition coefficient (Wildman–Crippen LogP) is 1.26. The highest BCUT2D eigenvalue weighted by molar-refractivity contribution is 7.79. The van der Waals surface area contributed by atoms with Gasteiger partial charge in [0.2, 0.25) is 0 Å². The van der Waals surface area contributed by atoms with E-state index in [1.54, 1.807) is 20.8 Å². The summed E-state index contributed by atoms with van der Waals surface area (Å²) in [6.45, 7) is 5.72. The van der Waals surface area contributed by atoms with Crippen LogP contribution in [0.4, 0.5) is 4.79 Å². The quantitative estimate of drug-likeness (QED) is 0.699. The van der Waals surface area contributed by atoms with Crippen LogP contribution in [0.1, 0.15) is 27.2 Å². The highest BCUT2D eigenvalue weighted by Gasteiger charge is 2.15. The Morgan fingerprint density at radius 1 is 1.64 bits per heavy atom. The number of amides is 1. The van der Waals surface area contributed by atoms with Gasteiger partial charge in [0.05, 0.1) is 6.10 Å². The molecule has 0 aliphatic rings. The van der Waals surface area contributed by atoms with Gasteiger partial charge in [-0.3, -0.25) is 0 Å². The first-order valence-corrected chi connectivity index (χ1v) is 4.92. The van der Waals surface area contributed by atoms with Crippen LogP contribution in [0, 0.1) is 0 Å². The Balaban J connectivity index is 3.60. The molecule has 0 spiro atoms. The van der Waals surface area contributed by atoms with Gasteiger partial charge in [0.1, 0.15) is 5.60 Å². The summed E-state index contributed by atoms with van der Waals surface area (Å²) in [6.07, 6.45) is -0.725. The zero-order valence-electron chi connectivity index (χ0n) is 8.74. The molecular weight excluding hydrogens is 202 g/mol. The summed E-state index contributed by atoms with van der Waals surface area (Å²) in [5.41, 5.74) is -0.493. The Kier molecular flexibility index (Phi) is 5.64. The number of rotatable bonds is 4. The SMILES string of the molecule is CC(C)(C)OC(=O)NCC[C@H](O)C=S. The number of alkyl carbamates (subject to hydrolysis) is 1. The fraction of sp³-hybridized carbons (Fsp3) is 0.778. The van der Waals surface area contributed by atoms with E-state index in [0.29, 0.717) is 13.0 Å². The van der Waals surface area contributed by atoms with Crippen LogP contribution in [-0.4, -0.2) is 34.8 Å². The Morgan fingerprint density at radius 3 is 2.64 bits per heavy atom. The number of hydrogen-bond acceptors (Lipinski definition) is 4. The zero-order valence-corrected chi connectivity index (χ0v) is 9.56. The minimum Gasteiger partial charge on any atom is -0.444 e. The Labute approximate surface area is 89.6 Å². The molecule has 4 nitrogen and oxygen atoms in total. The van der Waals surface area contributed by atoms with Crippen LogP contribution in [0.2, 0.25) is 0 Å². The van der Waals surface area contributed by atoms with Gasteiger partial charge in [-0.2, -0.15) is 0 Å². The molecule has 0 saturated heterocycles. The highest BCUT2D eigenvalue weighted by atomic mass is 32.1. The number of hydrogen-bond donors (Lipinski definition) is 2. The summed E-state index contributed by atoms with van der Waals surface area (Å²) in [5.74, 6) is 0. The van der Waals surface area contributed by atoms with Gasteiger partial charge in [-0.1, -0.05) is 12.2 Å². The lowest BCUT2D eigenvalue weighted by atomic mass is 10.2. The van der Waals surface area contributed by atoms with E-state index in [0.717, 1.165) is 0 Å². The summed E-state index contributed by atoms with van der Waals surface area (Å²) in [5, 5.41) is 12.8. The molecule has 0 heterocycles. The van der Waals surface area contributed by atoms with E-state index in [9.17, 15) is 4.79 Å². The van der Waals surface area contributed by atoms with Crippen molar-refractivity contribution in [3.63, 3.8) is 0 Å². The third-order valence-corrected chi connectivity index (χ3v) is 1.58. The second kappa shape index (κ2) is 5.93. The standard InChI is InChI=1S/C9H17NO3S/c1-9(2,3)13-8(12)10-5-4-7(11)6-14/h6-7,11H,4-5H2,1-3H3,(H,10,12)/t7-/m0/s1. The van der Waals surface area contributed by atoms with Crippen LogP contribution in [0.25, 0.3) is 0 Å². The van der Waals surface area contributed by atoms with Crippen LogP contribution in [-0.2, 0) is 4.74 Å². The molecule has 14 heavy (non-hydrogen) atoms. The average molecular weight is 219 g/mol. The second-order valence-electron chi connectivity index (χ2n) is 3.92. The van der Waals surface area contributed by atoms with Crippen molar-refractivity contribution >= 4 is 23.7 Å². The molecule has 0 aromatic carbocycles. The number of aliphatic hydroxyl groups is 1. The monoisotopic (exact) mass is 219 g/mol. The molecular formula is C9H17NO3S. The molecule has 2 N–H and O–H groups in total. The molecule has 1 atom stereocenters. The molecule has 0 aliphatic carbocycles. The normalized spacial score (nSPS) is 13.1. The molecule has 5 heteroatoms. The van der Waals surface area contributed by atoms with E-state index in [-0.39, 0.29) is 0 Å². The van der Waals surface area contributed by atoms with E-state index >= 15 is 0 Å². The van der Waals surface area contributed by atoms with Gasteiger partial charge in [0.15, 0.2) is 0 Å². The van der Waals surface area contributed by atoms with Crippen LogP contribution < -0.4 is 5.32 Å². The van der Waals surface area contributed by atoms with Crippen LogP contribution >= 0.6 is 12.2 Å². The minimum atomic E-state index is -0.653. The molecule has 0 aliphatic heterocycles. The second-order valence-corrected chi connectivity index (χ2v) is 4.19. The molecule has 0 fully saturated rings. The van der Waals surface area contributed by atoms with Gasteiger partial charge in [-0.25, -0.2) is 4.79 Å². The predicted molar refractivity (Wildman–Crippen MR) is 58.5 cm³/mol. The number of thiocarbonyl (C=S) groups is 1. The van der Waals surface area contributed by atoms with E-state index in [2.05, 4.69) is 17.5 Å². The van der Waals surface area contributed by atoms with Gasteiger partial charge in [-0.15, -0.1) is 0 Å². The first kappa shape index (κ1) is 13.3. The first-order chi connectivity index (χ1) is 6.35. The third-order valence-electron chi connectivity index (χ3n) is 1.27. The smallest absolute Gasteiger partial charge is 0.407 e. The fourth-order valence-corrected chi connectivity index (χ4v) is 0.840. The van der Waals surface area contributed by atoms with Gasteiger partial charge in [0, 0.05) is 11.9 Å². The van der Waals surface area contributed by atoms with Crippen molar-refractivity contribution in [3.05, 3.63) is 0 Å². The number of carbonyl (C=O) groups is 1. The lowest BCUT2D eigenvalue weighted by Gasteiger charge is -2.19. The van der Waals surface area contributed by atoms with Crippen LogP contribution in [0.15, 0.2) is 0 Å². The first-order valence-electron chi connectivity index (χ1n) is 4.45. The van der Waals surface area contributed by atoms with Crippen molar-refractivity contribution in [2.45, 2.75) is 38.9 Å². The average Bonchev–Trinajstić information content (AvgIpc) is 2.00. The Hall–Kier alpha value is -0.680. The third kappa shape index (κ3) is 7.94. The lowest BCUT2D eigenvalue weighted by Crippen LogP contribution is -2.34. The van der Waals surface area contributed by atoms with E-state index < -0.39 is 17.8 Å². The van der Waals surface area contributed by atoms with Crippen molar-refractivity contribution in [1.82, 2.24) is 5.32 Å². The van der Waals surface area contributed by atoms with Crippen molar-refractivity contribution in [3.8, 4) is 0 Å². The molecule has 1 amide bonds. The largest absolute Gasteiger partial charge is 0.444 e. The van der Waals surface area contributed by atoms with Crippen molar-refractivity contribution < 1.29 is 14.6 Å². The number of aliphatic hydroxyl groups excluding tert-OH is 1. The molecule has 0 bridgehead atoms. The van der Waals surface area contributed by atoms with Crippen LogP contribution in [0.5, 0.6) is 0 Å². The van der Waals surface area contributed by atoms with E-state index in [1.165, 1.54) is 5.37 Å². The maximum absolute atomic E-state index is 11.1. The van der Waals surface area contributed by atoms with Crippen molar-refractivity contribution in [2.75, 3.05) is 6.54 Å². The Bertz CT molecular complexity index is 201. The maximum atomic E-state index is 11.1. The number of nitrogens with one attached hydrogen (secondary N) is 1. The molecule has 0 radical (unpaired) electrons. The van der Waals surface area contributed by atoms with E-state index in [1.807, 2.05) is 0 Å². The molecule has 82 valence electrons.